The van der Waals surface area contributed by atoms with Crippen molar-refractivity contribution >= 4 is 0 Å². The average Bonchev–Trinajstić information content (AvgIpc) is 2.75. The minimum atomic E-state index is 0.446. The lowest BCUT2D eigenvalue weighted by Crippen LogP contribution is -1.94. The summed E-state index contributed by atoms with van der Waals surface area (Å²) in [6.07, 6.45) is 3.90. The summed E-state index contributed by atoms with van der Waals surface area (Å²) in [5.41, 5.74) is 3.55. The van der Waals surface area contributed by atoms with E-state index in [-0.39, 0.29) is 0 Å². The van der Waals surface area contributed by atoms with Gasteiger partial charge in [0.25, 0.3) is 0 Å². The fourth-order valence-corrected chi connectivity index (χ4v) is 1.94. The monoisotopic (exact) mass is 230 g/mol. The predicted molar refractivity (Wildman–Crippen MR) is 69.3 cm³/mol. The Bertz CT molecular complexity index is 515. The molecule has 0 saturated carbocycles. The van der Waals surface area contributed by atoms with Crippen LogP contribution in [0, 0.1) is 0 Å². The lowest BCUT2D eigenvalue weighted by atomic mass is 9.97. The van der Waals surface area contributed by atoms with Crippen LogP contribution in [0.1, 0.15) is 25.3 Å². The maximum Gasteiger partial charge on any atom is 0.122 e. The van der Waals surface area contributed by atoms with E-state index in [1.54, 1.807) is 7.11 Å². The zero-order valence-corrected chi connectivity index (χ0v) is 10.8. The molecule has 0 bridgehead atoms. The molecule has 0 aliphatic carbocycles. The third kappa shape index (κ3) is 2.33. The molecule has 0 radical (unpaired) electrons. The van der Waals surface area contributed by atoms with Crippen LogP contribution in [0.4, 0.5) is 0 Å². The van der Waals surface area contributed by atoms with Gasteiger partial charge in [0.05, 0.1) is 13.3 Å². The number of aromatic nitrogens is 2. The lowest BCUT2D eigenvalue weighted by molar-refractivity contribution is 0.407. The Hall–Kier alpha value is -1.77. The zero-order valence-electron chi connectivity index (χ0n) is 10.8. The van der Waals surface area contributed by atoms with E-state index in [2.05, 4.69) is 31.1 Å². The molecule has 1 aromatic carbocycles. The quantitative estimate of drug-likeness (QED) is 0.809. The first-order valence-corrected chi connectivity index (χ1v) is 5.78. The van der Waals surface area contributed by atoms with Crippen LogP contribution in [0.25, 0.3) is 11.1 Å². The number of rotatable bonds is 3. The predicted octanol–water partition coefficient (Wildman–Crippen LogP) is 3.22. The molecular formula is C14H18N2O. The van der Waals surface area contributed by atoms with E-state index in [0.29, 0.717) is 5.92 Å². The van der Waals surface area contributed by atoms with Crippen molar-refractivity contribution in [2.45, 2.75) is 19.8 Å². The molecule has 0 aliphatic heterocycles. The molecule has 0 aliphatic rings. The second-order valence-corrected chi connectivity index (χ2v) is 4.51. The van der Waals surface area contributed by atoms with Crippen molar-refractivity contribution in [2.75, 3.05) is 7.11 Å². The van der Waals surface area contributed by atoms with Gasteiger partial charge in [0.1, 0.15) is 5.75 Å². The van der Waals surface area contributed by atoms with Gasteiger partial charge in [0.2, 0.25) is 0 Å². The zero-order chi connectivity index (χ0) is 12.4. The van der Waals surface area contributed by atoms with Crippen molar-refractivity contribution in [3.05, 3.63) is 36.2 Å². The third-order valence-electron chi connectivity index (χ3n) is 2.89. The SMILES string of the molecule is COc1ccc(-c2cnn(C)c2)cc1C(C)C. The first kappa shape index (κ1) is 11.7. The van der Waals surface area contributed by atoms with Gasteiger partial charge in [-0.25, -0.2) is 0 Å². The summed E-state index contributed by atoms with van der Waals surface area (Å²) in [5.74, 6) is 1.40. The summed E-state index contributed by atoms with van der Waals surface area (Å²) >= 11 is 0. The van der Waals surface area contributed by atoms with Crippen molar-refractivity contribution in [1.29, 1.82) is 0 Å². The summed E-state index contributed by atoms with van der Waals surface area (Å²) in [4.78, 5) is 0. The van der Waals surface area contributed by atoms with Crippen molar-refractivity contribution in [3.63, 3.8) is 0 Å². The van der Waals surface area contributed by atoms with Crippen LogP contribution in [0.2, 0.25) is 0 Å². The van der Waals surface area contributed by atoms with Crippen molar-refractivity contribution in [2.24, 2.45) is 7.05 Å². The Balaban J connectivity index is 2.47. The molecule has 0 amide bonds. The molecule has 2 rings (SSSR count). The molecule has 90 valence electrons. The summed E-state index contributed by atoms with van der Waals surface area (Å²) in [6.45, 7) is 4.34. The molecule has 0 spiro atoms. The van der Waals surface area contributed by atoms with Gasteiger partial charge in [-0.05, 0) is 29.2 Å². The molecule has 3 heteroatoms. The van der Waals surface area contributed by atoms with Gasteiger partial charge in [0.15, 0.2) is 0 Å². The van der Waals surface area contributed by atoms with E-state index < -0.39 is 0 Å². The van der Waals surface area contributed by atoms with Crippen LogP contribution >= 0.6 is 0 Å². The van der Waals surface area contributed by atoms with Crippen LogP contribution in [0.5, 0.6) is 5.75 Å². The number of benzene rings is 1. The Morgan fingerprint density at radius 3 is 2.53 bits per heavy atom. The molecule has 0 N–H and O–H groups in total. The second-order valence-electron chi connectivity index (χ2n) is 4.51. The van der Waals surface area contributed by atoms with Crippen molar-refractivity contribution in [1.82, 2.24) is 9.78 Å². The third-order valence-corrected chi connectivity index (χ3v) is 2.89. The topological polar surface area (TPSA) is 27.1 Å². The smallest absolute Gasteiger partial charge is 0.122 e. The Kier molecular flexibility index (Phi) is 3.18. The first-order valence-electron chi connectivity index (χ1n) is 5.78. The fourth-order valence-electron chi connectivity index (χ4n) is 1.94. The summed E-state index contributed by atoms with van der Waals surface area (Å²) < 4.78 is 7.20. The van der Waals surface area contributed by atoms with Gasteiger partial charge in [0, 0.05) is 18.8 Å². The van der Waals surface area contributed by atoms with Crippen LogP contribution in [0.3, 0.4) is 0 Å². The molecule has 2 aromatic rings. The number of ether oxygens (including phenoxy) is 1. The van der Waals surface area contributed by atoms with Crippen LogP contribution in [-0.2, 0) is 7.05 Å². The number of hydrogen-bond acceptors (Lipinski definition) is 2. The lowest BCUT2D eigenvalue weighted by Gasteiger charge is -2.12. The number of nitrogens with zero attached hydrogens (tertiary/aromatic N) is 2. The highest BCUT2D eigenvalue weighted by molar-refractivity contribution is 5.64. The highest BCUT2D eigenvalue weighted by atomic mass is 16.5. The maximum atomic E-state index is 5.38. The Morgan fingerprint density at radius 1 is 1.24 bits per heavy atom. The van der Waals surface area contributed by atoms with E-state index in [1.165, 1.54) is 11.1 Å². The van der Waals surface area contributed by atoms with Gasteiger partial charge in [-0.3, -0.25) is 4.68 Å². The summed E-state index contributed by atoms with van der Waals surface area (Å²) in [7, 11) is 3.64. The van der Waals surface area contributed by atoms with Gasteiger partial charge in [-0.1, -0.05) is 19.9 Å². The van der Waals surface area contributed by atoms with Crippen molar-refractivity contribution in [3.8, 4) is 16.9 Å². The Morgan fingerprint density at radius 2 is 2.00 bits per heavy atom. The molecule has 3 nitrogen and oxygen atoms in total. The van der Waals surface area contributed by atoms with E-state index in [9.17, 15) is 0 Å². The summed E-state index contributed by atoms with van der Waals surface area (Å²) in [5, 5.41) is 4.20. The van der Waals surface area contributed by atoms with E-state index in [4.69, 9.17) is 4.74 Å². The standard InChI is InChI=1S/C14H18N2O/c1-10(2)13-7-11(5-6-14(13)17-4)12-8-15-16(3)9-12/h5-10H,1-4H3. The molecule has 17 heavy (non-hydrogen) atoms. The minimum Gasteiger partial charge on any atom is -0.496 e. The normalized spacial score (nSPS) is 10.9. The fraction of sp³-hybridized carbons (Fsp3) is 0.357. The van der Waals surface area contributed by atoms with E-state index in [0.717, 1.165) is 11.3 Å². The van der Waals surface area contributed by atoms with Crippen LogP contribution < -0.4 is 4.74 Å². The largest absolute Gasteiger partial charge is 0.496 e. The van der Waals surface area contributed by atoms with Crippen LogP contribution in [0.15, 0.2) is 30.6 Å². The molecule has 0 unspecified atom stereocenters. The first-order chi connectivity index (χ1) is 8.11. The minimum absolute atomic E-state index is 0.446. The van der Waals surface area contributed by atoms with Gasteiger partial charge < -0.3 is 4.74 Å². The maximum absolute atomic E-state index is 5.38. The Labute approximate surface area is 102 Å². The molecule has 0 atom stereocenters. The highest BCUT2D eigenvalue weighted by Crippen LogP contribution is 2.31. The van der Waals surface area contributed by atoms with E-state index in [1.807, 2.05) is 30.2 Å². The average molecular weight is 230 g/mol. The van der Waals surface area contributed by atoms with Gasteiger partial charge in [-0.2, -0.15) is 5.10 Å². The highest BCUT2D eigenvalue weighted by Gasteiger charge is 2.09. The molecule has 1 heterocycles. The second kappa shape index (κ2) is 4.62. The number of hydrogen-bond donors (Lipinski definition) is 0. The van der Waals surface area contributed by atoms with Gasteiger partial charge in [-0.15, -0.1) is 0 Å². The van der Waals surface area contributed by atoms with Crippen LogP contribution in [-0.4, -0.2) is 16.9 Å². The molecule has 0 fully saturated rings. The number of aryl methyl sites for hydroxylation is 1. The molecule has 0 saturated heterocycles. The summed E-state index contributed by atoms with van der Waals surface area (Å²) in [6, 6.07) is 6.28. The molecular weight excluding hydrogens is 212 g/mol. The van der Waals surface area contributed by atoms with E-state index >= 15 is 0 Å². The molecule has 1 aromatic heterocycles. The van der Waals surface area contributed by atoms with Crippen molar-refractivity contribution < 1.29 is 4.74 Å². The van der Waals surface area contributed by atoms with Gasteiger partial charge >= 0.3 is 0 Å². The number of methoxy groups -OCH3 is 1.